The molecular formula is C7H13Cl2N3. The molecule has 1 aromatic rings. The minimum absolute atomic E-state index is 0. The van der Waals surface area contributed by atoms with Crippen molar-refractivity contribution in [1.82, 2.24) is 10.3 Å². The van der Waals surface area contributed by atoms with Gasteiger partial charge in [0.15, 0.2) is 0 Å². The van der Waals surface area contributed by atoms with Crippen LogP contribution in [0.4, 0.5) is 5.82 Å². The Morgan fingerprint density at radius 2 is 2.08 bits per heavy atom. The van der Waals surface area contributed by atoms with Gasteiger partial charge in [-0.3, -0.25) is 0 Å². The number of nitrogens with two attached hydrogens (primary N) is 1. The van der Waals surface area contributed by atoms with E-state index in [4.69, 9.17) is 5.73 Å². The normalized spacial score (nSPS) is 8.08. The molecule has 0 saturated heterocycles. The number of pyridine rings is 1. The Labute approximate surface area is 84.6 Å². The van der Waals surface area contributed by atoms with Gasteiger partial charge in [-0.25, -0.2) is 4.98 Å². The number of hydrogen-bond acceptors (Lipinski definition) is 3. The van der Waals surface area contributed by atoms with Crippen LogP contribution in [-0.4, -0.2) is 12.0 Å². The number of aromatic nitrogens is 1. The SMILES string of the molecule is CNCc1ccc(N)nc1.Cl.Cl. The van der Waals surface area contributed by atoms with Crippen molar-refractivity contribution in [1.29, 1.82) is 0 Å². The fourth-order valence-electron chi connectivity index (χ4n) is 0.745. The molecular weight excluding hydrogens is 197 g/mol. The molecule has 1 heterocycles. The van der Waals surface area contributed by atoms with Crippen molar-refractivity contribution in [2.45, 2.75) is 6.54 Å². The smallest absolute Gasteiger partial charge is 0.123 e. The molecule has 0 aliphatic carbocycles. The fourth-order valence-corrected chi connectivity index (χ4v) is 0.745. The third kappa shape index (κ3) is 4.38. The predicted molar refractivity (Wildman–Crippen MR) is 55.9 cm³/mol. The highest BCUT2D eigenvalue weighted by atomic mass is 35.5. The lowest BCUT2D eigenvalue weighted by Crippen LogP contribution is -2.05. The van der Waals surface area contributed by atoms with E-state index in [0.717, 1.165) is 12.1 Å². The van der Waals surface area contributed by atoms with Crippen LogP contribution in [0.15, 0.2) is 18.3 Å². The van der Waals surface area contributed by atoms with Crippen LogP contribution in [0.25, 0.3) is 0 Å². The average Bonchev–Trinajstić information content (AvgIpc) is 1.95. The number of halogens is 2. The second-order valence-corrected chi connectivity index (χ2v) is 2.12. The van der Waals surface area contributed by atoms with Crippen LogP contribution < -0.4 is 11.1 Å². The van der Waals surface area contributed by atoms with Gasteiger partial charge in [-0.2, -0.15) is 0 Å². The quantitative estimate of drug-likeness (QED) is 0.771. The summed E-state index contributed by atoms with van der Waals surface area (Å²) in [4.78, 5) is 3.94. The van der Waals surface area contributed by atoms with Gasteiger partial charge in [-0.1, -0.05) is 6.07 Å². The van der Waals surface area contributed by atoms with Gasteiger partial charge in [0.1, 0.15) is 5.82 Å². The lowest BCUT2D eigenvalue weighted by atomic mass is 10.3. The molecule has 0 bridgehead atoms. The van der Waals surface area contributed by atoms with Crippen molar-refractivity contribution in [3.05, 3.63) is 23.9 Å². The molecule has 0 radical (unpaired) electrons. The minimum atomic E-state index is 0. The number of nitrogens with one attached hydrogen (secondary N) is 1. The predicted octanol–water partition coefficient (Wildman–Crippen LogP) is 1.23. The molecule has 0 amide bonds. The molecule has 0 aliphatic heterocycles. The Bertz CT molecular complexity index is 200. The van der Waals surface area contributed by atoms with Crippen molar-refractivity contribution in [3.63, 3.8) is 0 Å². The summed E-state index contributed by atoms with van der Waals surface area (Å²) in [6.45, 7) is 0.841. The van der Waals surface area contributed by atoms with Gasteiger partial charge in [0.2, 0.25) is 0 Å². The molecule has 0 spiro atoms. The van der Waals surface area contributed by atoms with E-state index in [1.165, 1.54) is 0 Å². The maximum atomic E-state index is 5.39. The summed E-state index contributed by atoms with van der Waals surface area (Å²) in [5, 5.41) is 3.02. The molecule has 70 valence electrons. The van der Waals surface area contributed by atoms with Crippen LogP contribution in [-0.2, 0) is 6.54 Å². The first-order valence-corrected chi connectivity index (χ1v) is 3.18. The van der Waals surface area contributed by atoms with E-state index in [9.17, 15) is 0 Å². The summed E-state index contributed by atoms with van der Waals surface area (Å²) in [7, 11) is 1.90. The third-order valence-electron chi connectivity index (χ3n) is 1.23. The summed E-state index contributed by atoms with van der Waals surface area (Å²) < 4.78 is 0. The second kappa shape index (κ2) is 7.16. The monoisotopic (exact) mass is 209 g/mol. The molecule has 0 atom stereocenters. The van der Waals surface area contributed by atoms with Crippen LogP contribution in [0.2, 0.25) is 0 Å². The van der Waals surface area contributed by atoms with Crippen molar-refractivity contribution < 1.29 is 0 Å². The number of nitrogen functional groups attached to an aromatic ring is 1. The number of hydrogen-bond donors (Lipinski definition) is 2. The molecule has 5 heteroatoms. The molecule has 3 N–H and O–H groups in total. The van der Waals surface area contributed by atoms with Crippen molar-refractivity contribution in [2.24, 2.45) is 0 Å². The highest BCUT2D eigenvalue weighted by molar-refractivity contribution is 5.85. The summed E-state index contributed by atoms with van der Waals surface area (Å²) in [5.41, 5.74) is 6.54. The molecule has 12 heavy (non-hydrogen) atoms. The lowest BCUT2D eigenvalue weighted by molar-refractivity contribution is 0.814. The first-order chi connectivity index (χ1) is 4.83. The van der Waals surface area contributed by atoms with Gasteiger partial charge >= 0.3 is 0 Å². The average molecular weight is 210 g/mol. The molecule has 3 nitrogen and oxygen atoms in total. The standard InChI is InChI=1S/C7H11N3.2ClH/c1-9-4-6-2-3-7(8)10-5-6;;/h2-3,5,9H,4H2,1H3,(H2,8,10);2*1H. The maximum absolute atomic E-state index is 5.39. The van der Waals surface area contributed by atoms with Crippen LogP contribution in [0, 0.1) is 0 Å². The zero-order chi connectivity index (χ0) is 7.40. The Kier molecular flexibility index (Phi) is 8.37. The van der Waals surface area contributed by atoms with Gasteiger partial charge in [0, 0.05) is 12.7 Å². The molecule has 0 aliphatic rings. The van der Waals surface area contributed by atoms with E-state index in [2.05, 4.69) is 10.3 Å². The van der Waals surface area contributed by atoms with Gasteiger partial charge in [0.05, 0.1) is 0 Å². The summed E-state index contributed by atoms with van der Waals surface area (Å²) >= 11 is 0. The van der Waals surface area contributed by atoms with E-state index in [0.29, 0.717) is 5.82 Å². The number of anilines is 1. The van der Waals surface area contributed by atoms with Gasteiger partial charge in [-0.15, -0.1) is 24.8 Å². The molecule has 1 rings (SSSR count). The van der Waals surface area contributed by atoms with Crippen molar-refractivity contribution in [3.8, 4) is 0 Å². The highest BCUT2D eigenvalue weighted by Gasteiger charge is 1.88. The van der Waals surface area contributed by atoms with Crippen molar-refractivity contribution in [2.75, 3.05) is 12.8 Å². The minimum Gasteiger partial charge on any atom is -0.384 e. The van der Waals surface area contributed by atoms with Crippen molar-refractivity contribution >= 4 is 30.6 Å². The summed E-state index contributed by atoms with van der Waals surface area (Å²) in [6, 6.07) is 3.76. The Balaban J connectivity index is 0. The Hall–Kier alpha value is -0.510. The highest BCUT2D eigenvalue weighted by Crippen LogP contribution is 1.99. The molecule has 0 unspecified atom stereocenters. The molecule has 0 aromatic carbocycles. The van der Waals surface area contributed by atoms with Crippen LogP contribution in [0.5, 0.6) is 0 Å². The molecule has 1 aromatic heterocycles. The van der Waals surface area contributed by atoms with Crippen LogP contribution >= 0.6 is 24.8 Å². The van der Waals surface area contributed by atoms with E-state index in [1.807, 2.05) is 13.1 Å². The van der Waals surface area contributed by atoms with Crippen LogP contribution in [0.1, 0.15) is 5.56 Å². The first-order valence-electron chi connectivity index (χ1n) is 3.18. The van der Waals surface area contributed by atoms with E-state index in [-0.39, 0.29) is 24.8 Å². The van der Waals surface area contributed by atoms with Crippen LogP contribution in [0.3, 0.4) is 0 Å². The summed E-state index contributed by atoms with van der Waals surface area (Å²) in [5.74, 6) is 0.569. The van der Waals surface area contributed by atoms with E-state index < -0.39 is 0 Å². The van der Waals surface area contributed by atoms with E-state index in [1.54, 1.807) is 12.3 Å². The van der Waals surface area contributed by atoms with E-state index >= 15 is 0 Å². The maximum Gasteiger partial charge on any atom is 0.123 e. The zero-order valence-corrected chi connectivity index (χ0v) is 8.41. The first kappa shape index (κ1) is 14.0. The lowest BCUT2D eigenvalue weighted by Gasteiger charge is -1.97. The number of rotatable bonds is 2. The third-order valence-corrected chi connectivity index (χ3v) is 1.23. The largest absolute Gasteiger partial charge is 0.384 e. The molecule has 0 saturated carbocycles. The second-order valence-electron chi connectivity index (χ2n) is 2.12. The zero-order valence-electron chi connectivity index (χ0n) is 6.78. The Morgan fingerprint density at radius 1 is 1.42 bits per heavy atom. The van der Waals surface area contributed by atoms with Gasteiger partial charge in [-0.05, 0) is 18.7 Å². The summed E-state index contributed by atoms with van der Waals surface area (Å²) in [6.07, 6.45) is 1.77. The van der Waals surface area contributed by atoms with Gasteiger partial charge in [0.25, 0.3) is 0 Å². The number of nitrogens with zero attached hydrogens (tertiary/aromatic N) is 1. The Morgan fingerprint density at radius 3 is 2.50 bits per heavy atom. The molecule has 0 fully saturated rings. The fraction of sp³-hybridized carbons (Fsp3) is 0.286. The van der Waals surface area contributed by atoms with Gasteiger partial charge < -0.3 is 11.1 Å². The topological polar surface area (TPSA) is 50.9 Å².